The second-order valence-electron chi connectivity index (χ2n) is 1.37. The number of imidazole rings is 1. The summed E-state index contributed by atoms with van der Waals surface area (Å²) in [6.45, 7) is 0. The molecule has 5 nitrogen and oxygen atoms in total. The van der Waals surface area contributed by atoms with Crippen molar-refractivity contribution in [3.05, 3.63) is 6.20 Å². The van der Waals surface area contributed by atoms with E-state index >= 15 is 0 Å². The molecule has 0 saturated carbocycles. The number of hydrogen-bond acceptors (Lipinski definition) is 4. The van der Waals surface area contributed by atoms with Crippen LogP contribution in [0.15, 0.2) is 6.20 Å². The van der Waals surface area contributed by atoms with E-state index in [-0.39, 0.29) is 11.8 Å². The van der Waals surface area contributed by atoms with Crippen molar-refractivity contribution in [3.63, 3.8) is 0 Å². The van der Waals surface area contributed by atoms with E-state index in [2.05, 4.69) is 4.98 Å². The molecule has 0 radical (unpaired) electrons. The smallest absolute Gasteiger partial charge is 0.235 e. The molecule has 0 aromatic carbocycles. The van der Waals surface area contributed by atoms with Gasteiger partial charge in [-0.25, -0.2) is 0 Å². The van der Waals surface area contributed by atoms with Crippen molar-refractivity contribution in [1.29, 1.82) is 0 Å². The van der Waals surface area contributed by atoms with Gasteiger partial charge < -0.3 is 16.7 Å². The Labute approximate surface area is 45.5 Å². The monoisotopic (exact) mass is 114 g/mol. The minimum absolute atomic E-state index is 0.00231. The minimum Gasteiger partial charge on any atom is -0.425 e. The molecule has 0 amide bonds. The SMILES string of the molecule is Nc1cn(O)c(N)n1. The van der Waals surface area contributed by atoms with Crippen LogP contribution in [0.3, 0.4) is 0 Å². The highest BCUT2D eigenvalue weighted by Crippen LogP contribution is 2.00. The number of anilines is 2. The largest absolute Gasteiger partial charge is 0.425 e. The Morgan fingerprint density at radius 1 is 1.62 bits per heavy atom. The van der Waals surface area contributed by atoms with E-state index in [9.17, 15) is 0 Å². The Bertz CT molecular complexity index is 174. The van der Waals surface area contributed by atoms with Crippen molar-refractivity contribution in [2.24, 2.45) is 0 Å². The zero-order valence-electron chi connectivity index (χ0n) is 4.07. The fourth-order valence-corrected chi connectivity index (χ4v) is 0.404. The first-order valence-electron chi connectivity index (χ1n) is 2.00. The molecule has 5 heteroatoms. The summed E-state index contributed by atoms with van der Waals surface area (Å²) in [5, 5.41) is 8.59. The van der Waals surface area contributed by atoms with Gasteiger partial charge in [0.1, 0.15) is 5.82 Å². The maximum absolute atomic E-state index is 8.59. The van der Waals surface area contributed by atoms with Crippen LogP contribution in [0, 0.1) is 0 Å². The predicted octanol–water partition coefficient (Wildman–Crippen LogP) is -0.715. The Balaban J connectivity index is 3.14. The first-order chi connectivity index (χ1) is 3.70. The van der Waals surface area contributed by atoms with Gasteiger partial charge in [0, 0.05) is 0 Å². The fourth-order valence-electron chi connectivity index (χ4n) is 0.404. The van der Waals surface area contributed by atoms with Crippen molar-refractivity contribution in [1.82, 2.24) is 9.71 Å². The van der Waals surface area contributed by atoms with Gasteiger partial charge in [0.25, 0.3) is 0 Å². The van der Waals surface area contributed by atoms with Crippen LogP contribution in [0.25, 0.3) is 0 Å². The lowest BCUT2D eigenvalue weighted by Gasteiger charge is -1.85. The molecule has 0 bridgehead atoms. The van der Waals surface area contributed by atoms with Gasteiger partial charge in [-0.3, -0.25) is 0 Å². The van der Waals surface area contributed by atoms with Gasteiger partial charge in [-0.05, 0) is 0 Å². The van der Waals surface area contributed by atoms with Crippen molar-refractivity contribution in [3.8, 4) is 0 Å². The average molecular weight is 114 g/mol. The van der Waals surface area contributed by atoms with Crippen LogP contribution in [-0.4, -0.2) is 14.9 Å². The number of rotatable bonds is 0. The number of hydrogen-bond donors (Lipinski definition) is 3. The van der Waals surface area contributed by atoms with Crippen LogP contribution < -0.4 is 11.5 Å². The van der Waals surface area contributed by atoms with Crippen LogP contribution in [0.5, 0.6) is 0 Å². The van der Waals surface area contributed by atoms with E-state index in [1.807, 2.05) is 0 Å². The predicted molar refractivity (Wildman–Crippen MR) is 28.2 cm³/mol. The highest BCUT2D eigenvalue weighted by molar-refractivity contribution is 5.33. The van der Waals surface area contributed by atoms with Crippen LogP contribution in [0.4, 0.5) is 11.8 Å². The van der Waals surface area contributed by atoms with E-state index in [0.29, 0.717) is 4.73 Å². The van der Waals surface area contributed by atoms with Gasteiger partial charge in [-0.15, -0.1) is 0 Å². The molecule has 0 spiro atoms. The first-order valence-corrected chi connectivity index (χ1v) is 2.00. The molecule has 44 valence electrons. The molecule has 0 fully saturated rings. The highest BCUT2D eigenvalue weighted by Gasteiger charge is 1.95. The normalized spacial score (nSPS) is 9.50. The zero-order valence-corrected chi connectivity index (χ0v) is 4.07. The van der Waals surface area contributed by atoms with Gasteiger partial charge in [0.2, 0.25) is 5.95 Å². The minimum atomic E-state index is 0.00231. The van der Waals surface area contributed by atoms with Gasteiger partial charge in [0.15, 0.2) is 0 Å². The fraction of sp³-hybridized carbons (Fsp3) is 0. The van der Waals surface area contributed by atoms with Crippen molar-refractivity contribution in [2.75, 3.05) is 11.5 Å². The summed E-state index contributed by atoms with van der Waals surface area (Å²) in [5.41, 5.74) is 10.2. The molecule has 5 N–H and O–H groups in total. The molecule has 0 saturated heterocycles. The molecule has 1 aromatic rings. The summed E-state index contributed by atoms with van der Waals surface area (Å²) in [6.07, 6.45) is 1.22. The Kier molecular flexibility index (Phi) is 0.768. The number of nitrogen functional groups attached to an aromatic ring is 2. The number of nitrogens with two attached hydrogens (primary N) is 2. The molecule has 0 aliphatic heterocycles. The maximum atomic E-state index is 8.59. The van der Waals surface area contributed by atoms with Gasteiger partial charge in [-0.1, -0.05) is 0 Å². The second kappa shape index (κ2) is 1.29. The van der Waals surface area contributed by atoms with E-state index in [4.69, 9.17) is 16.7 Å². The Hall–Kier alpha value is -1.39. The van der Waals surface area contributed by atoms with Crippen LogP contribution in [0.2, 0.25) is 0 Å². The van der Waals surface area contributed by atoms with Gasteiger partial charge in [0.05, 0.1) is 6.20 Å². The topological polar surface area (TPSA) is 90.1 Å². The second-order valence-corrected chi connectivity index (χ2v) is 1.37. The maximum Gasteiger partial charge on any atom is 0.235 e. The molecule has 1 aromatic heterocycles. The summed E-state index contributed by atoms with van der Waals surface area (Å²) < 4.78 is 0.662. The van der Waals surface area contributed by atoms with Crippen molar-refractivity contribution < 1.29 is 5.21 Å². The molecule has 1 rings (SSSR count). The van der Waals surface area contributed by atoms with Crippen LogP contribution in [-0.2, 0) is 0 Å². The summed E-state index contributed by atoms with van der Waals surface area (Å²) in [6, 6.07) is 0. The lowest BCUT2D eigenvalue weighted by atomic mass is 10.8. The summed E-state index contributed by atoms with van der Waals surface area (Å²) in [7, 11) is 0. The number of nitrogens with zero attached hydrogens (tertiary/aromatic N) is 2. The highest BCUT2D eigenvalue weighted by atomic mass is 16.5. The van der Waals surface area contributed by atoms with Gasteiger partial charge >= 0.3 is 0 Å². The summed E-state index contributed by atoms with van der Waals surface area (Å²) in [5.74, 6) is 0.215. The van der Waals surface area contributed by atoms with E-state index < -0.39 is 0 Å². The molecule has 0 aliphatic carbocycles. The third-order valence-corrected chi connectivity index (χ3v) is 0.733. The van der Waals surface area contributed by atoms with E-state index in [1.165, 1.54) is 6.20 Å². The van der Waals surface area contributed by atoms with Crippen molar-refractivity contribution >= 4 is 11.8 Å². The Morgan fingerprint density at radius 3 is 2.38 bits per heavy atom. The van der Waals surface area contributed by atoms with Crippen molar-refractivity contribution in [2.45, 2.75) is 0 Å². The zero-order chi connectivity index (χ0) is 6.15. The average Bonchev–Trinajstić information content (AvgIpc) is 1.85. The molecule has 0 unspecified atom stereocenters. The van der Waals surface area contributed by atoms with Crippen LogP contribution >= 0.6 is 0 Å². The quantitative estimate of drug-likeness (QED) is 0.388. The lowest BCUT2D eigenvalue weighted by molar-refractivity contribution is 0.192. The molecule has 0 atom stereocenters. The van der Waals surface area contributed by atoms with Gasteiger partial charge in [-0.2, -0.15) is 9.71 Å². The molecule has 0 aliphatic rings. The summed E-state index contributed by atoms with van der Waals surface area (Å²) >= 11 is 0. The summed E-state index contributed by atoms with van der Waals surface area (Å²) in [4.78, 5) is 3.48. The van der Waals surface area contributed by atoms with E-state index in [1.54, 1.807) is 0 Å². The third kappa shape index (κ3) is 0.534. The first kappa shape index (κ1) is 4.76. The van der Waals surface area contributed by atoms with Crippen LogP contribution in [0.1, 0.15) is 0 Å². The molecule has 1 heterocycles. The molecular formula is C3H6N4O. The number of aromatic nitrogens is 2. The van der Waals surface area contributed by atoms with E-state index in [0.717, 1.165) is 0 Å². The standard InChI is InChI=1S/C3H6N4O/c4-2-1-7(8)3(5)6-2/h1,8H,4H2,(H2,5,6). The molecule has 8 heavy (non-hydrogen) atoms. The third-order valence-electron chi connectivity index (χ3n) is 0.733. The molecular weight excluding hydrogens is 108 g/mol. The lowest BCUT2D eigenvalue weighted by Crippen LogP contribution is -1.96. The Morgan fingerprint density at radius 2 is 2.25 bits per heavy atom.